The summed E-state index contributed by atoms with van der Waals surface area (Å²) >= 11 is 0. The van der Waals surface area contributed by atoms with Crippen molar-refractivity contribution in [3.63, 3.8) is 0 Å². The Morgan fingerprint density at radius 3 is 1.29 bits per heavy atom. The van der Waals surface area contributed by atoms with E-state index in [9.17, 15) is 9.59 Å². The summed E-state index contributed by atoms with van der Waals surface area (Å²) in [4.78, 5) is 24.2. The van der Waals surface area contributed by atoms with Gasteiger partial charge >= 0.3 is 11.9 Å². The van der Waals surface area contributed by atoms with Crippen LogP contribution in [0.1, 0.15) is 13.8 Å². The van der Waals surface area contributed by atoms with Crippen molar-refractivity contribution < 1.29 is 19.1 Å². The van der Waals surface area contributed by atoms with E-state index in [1.165, 1.54) is 14.2 Å². The van der Waals surface area contributed by atoms with Crippen LogP contribution in [0.25, 0.3) is 0 Å². The molecule has 0 fully saturated rings. The molecule has 34 heavy (non-hydrogen) atoms. The largest absolute Gasteiger partial charge is 0.467 e. The molecule has 0 unspecified atom stereocenters. The van der Waals surface area contributed by atoms with Gasteiger partial charge in [0.2, 0.25) is 0 Å². The Balaban J connectivity index is 2.07. The third kappa shape index (κ3) is 6.41. The van der Waals surface area contributed by atoms with Crippen molar-refractivity contribution in [2.24, 2.45) is 0 Å². The van der Waals surface area contributed by atoms with Gasteiger partial charge in [-0.1, -0.05) is 36.4 Å². The number of ether oxygens (including phenoxy) is 2. The lowest BCUT2D eigenvalue weighted by atomic mass is 10.1. The number of benzene rings is 3. The van der Waals surface area contributed by atoms with E-state index < -0.39 is 12.1 Å². The van der Waals surface area contributed by atoms with Crippen LogP contribution in [0.3, 0.4) is 0 Å². The zero-order valence-corrected chi connectivity index (χ0v) is 19.7. The summed E-state index contributed by atoms with van der Waals surface area (Å²) in [5, 5.41) is 13.2. The van der Waals surface area contributed by atoms with Crippen LogP contribution in [0.5, 0.6) is 0 Å². The number of carbonyl (C=O) groups is 2. The Bertz CT molecular complexity index is 1020. The van der Waals surface area contributed by atoms with E-state index in [1.54, 1.807) is 13.8 Å². The van der Waals surface area contributed by atoms with E-state index in [0.717, 1.165) is 11.4 Å². The van der Waals surface area contributed by atoms with Gasteiger partial charge in [0.1, 0.15) is 12.1 Å². The highest BCUT2D eigenvalue weighted by molar-refractivity contribution is 5.91. The second kappa shape index (κ2) is 11.6. The third-order valence-electron chi connectivity index (χ3n) is 5.12. The maximum Gasteiger partial charge on any atom is 0.327 e. The average molecular weight is 463 g/mol. The molecular formula is C26H30N4O4. The molecule has 0 bridgehead atoms. The molecule has 0 aliphatic rings. The van der Waals surface area contributed by atoms with Crippen LogP contribution in [0.15, 0.2) is 72.8 Å². The molecule has 4 N–H and O–H groups in total. The van der Waals surface area contributed by atoms with Crippen molar-refractivity contribution >= 4 is 46.1 Å². The predicted octanol–water partition coefficient (Wildman–Crippen LogP) is 5.12. The second-order valence-corrected chi connectivity index (χ2v) is 7.70. The number of carbonyl (C=O) groups excluding carboxylic acids is 2. The molecule has 2 atom stereocenters. The van der Waals surface area contributed by atoms with Gasteiger partial charge in [-0.2, -0.15) is 0 Å². The first-order valence-electron chi connectivity index (χ1n) is 10.9. The minimum Gasteiger partial charge on any atom is -0.467 e. The van der Waals surface area contributed by atoms with Gasteiger partial charge in [-0.15, -0.1) is 0 Å². The smallest absolute Gasteiger partial charge is 0.327 e. The Morgan fingerprint density at radius 1 is 0.618 bits per heavy atom. The highest BCUT2D eigenvalue weighted by Crippen LogP contribution is 2.37. The fourth-order valence-corrected chi connectivity index (χ4v) is 3.34. The summed E-state index contributed by atoms with van der Waals surface area (Å²) in [7, 11) is 2.71. The second-order valence-electron chi connectivity index (χ2n) is 7.70. The Labute approximate surface area is 199 Å². The van der Waals surface area contributed by atoms with Crippen molar-refractivity contribution in [3.05, 3.63) is 72.8 Å². The number of para-hydroxylation sites is 2. The first kappa shape index (κ1) is 24.4. The molecule has 8 nitrogen and oxygen atoms in total. The quantitative estimate of drug-likeness (QED) is 0.308. The standard InChI is InChI=1S/C26H30N4O4/c1-17(25(31)33-3)27-21-15-24(30-20-13-9-6-10-14-20)22(28-18(2)26(32)34-4)16-23(21)29-19-11-7-5-8-12-19/h5-18,27-30H,1-4H3/t17-,18-/m1/s1. The highest BCUT2D eigenvalue weighted by Gasteiger charge is 2.20. The molecule has 3 aromatic rings. The molecular weight excluding hydrogens is 432 g/mol. The molecule has 0 saturated carbocycles. The van der Waals surface area contributed by atoms with Crippen LogP contribution in [-0.4, -0.2) is 38.2 Å². The Kier molecular flexibility index (Phi) is 8.34. The van der Waals surface area contributed by atoms with E-state index in [2.05, 4.69) is 21.3 Å². The van der Waals surface area contributed by atoms with Crippen LogP contribution in [0.4, 0.5) is 34.1 Å². The summed E-state index contributed by atoms with van der Waals surface area (Å²) < 4.78 is 9.76. The number of nitrogens with one attached hydrogen (secondary N) is 4. The van der Waals surface area contributed by atoms with Gasteiger partial charge in [0, 0.05) is 11.4 Å². The highest BCUT2D eigenvalue weighted by atomic mass is 16.5. The van der Waals surface area contributed by atoms with Gasteiger partial charge in [0.05, 0.1) is 37.0 Å². The summed E-state index contributed by atoms with van der Waals surface area (Å²) in [5.74, 6) is -0.769. The van der Waals surface area contributed by atoms with Crippen LogP contribution < -0.4 is 21.3 Å². The lowest BCUT2D eigenvalue weighted by Crippen LogP contribution is -2.28. The molecule has 0 aromatic heterocycles. The fraction of sp³-hybridized carbons (Fsp3) is 0.231. The maximum absolute atomic E-state index is 12.1. The van der Waals surface area contributed by atoms with Crippen molar-refractivity contribution in [2.75, 3.05) is 35.5 Å². The van der Waals surface area contributed by atoms with Crippen LogP contribution in [0, 0.1) is 0 Å². The van der Waals surface area contributed by atoms with Gasteiger partial charge in [-0.3, -0.25) is 0 Å². The molecule has 0 aliphatic carbocycles. The van der Waals surface area contributed by atoms with Gasteiger partial charge < -0.3 is 30.7 Å². The predicted molar refractivity (Wildman–Crippen MR) is 136 cm³/mol. The Morgan fingerprint density at radius 2 is 0.971 bits per heavy atom. The summed E-state index contributed by atoms with van der Waals surface area (Å²) in [5.41, 5.74) is 4.51. The SMILES string of the molecule is COC(=O)[C@@H](C)Nc1cc(Nc2ccccc2)c(N[C@H](C)C(=O)OC)cc1Nc1ccccc1. The molecule has 8 heteroatoms. The van der Waals surface area contributed by atoms with E-state index in [-0.39, 0.29) is 11.9 Å². The number of hydrogen-bond acceptors (Lipinski definition) is 8. The van der Waals surface area contributed by atoms with E-state index in [1.807, 2.05) is 72.8 Å². The Hall–Kier alpha value is -4.20. The van der Waals surface area contributed by atoms with Gasteiger partial charge in [0.15, 0.2) is 0 Å². The monoisotopic (exact) mass is 462 g/mol. The number of rotatable bonds is 10. The molecule has 3 rings (SSSR count). The normalized spacial score (nSPS) is 12.1. The lowest BCUT2D eigenvalue weighted by Gasteiger charge is -2.23. The van der Waals surface area contributed by atoms with Gasteiger partial charge in [-0.25, -0.2) is 9.59 Å². The van der Waals surface area contributed by atoms with Crippen molar-refractivity contribution in [1.29, 1.82) is 0 Å². The number of methoxy groups -OCH3 is 2. The topological polar surface area (TPSA) is 101 Å². The number of hydrogen-bond donors (Lipinski definition) is 4. The first-order valence-corrected chi connectivity index (χ1v) is 10.9. The fourth-order valence-electron chi connectivity index (χ4n) is 3.34. The summed E-state index contributed by atoms with van der Waals surface area (Å²) in [6, 6.07) is 21.9. The summed E-state index contributed by atoms with van der Waals surface area (Å²) in [6.07, 6.45) is 0. The first-order chi connectivity index (χ1) is 16.4. The van der Waals surface area contributed by atoms with Crippen LogP contribution >= 0.6 is 0 Å². The summed E-state index contributed by atoms with van der Waals surface area (Å²) in [6.45, 7) is 3.46. The lowest BCUT2D eigenvalue weighted by molar-refractivity contribution is -0.141. The minimum absolute atomic E-state index is 0.384. The molecule has 0 aliphatic heterocycles. The molecule has 0 amide bonds. The molecule has 3 aromatic carbocycles. The van der Waals surface area contributed by atoms with E-state index >= 15 is 0 Å². The number of anilines is 6. The van der Waals surface area contributed by atoms with Crippen molar-refractivity contribution in [2.45, 2.75) is 25.9 Å². The van der Waals surface area contributed by atoms with Gasteiger partial charge in [-0.05, 0) is 50.2 Å². The van der Waals surface area contributed by atoms with Crippen molar-refractivity contribution in [3.8, 4) is 0 Å². The molecule has 178 valence electrons. The molecule has 0 heterocycles. The van der Waals surface area contributed by atoms with Crippen LogP contribution in [0.2, 0.25) is 0 Å². The maximum atomic E-state index is 12.1. The third-order valence-corrected chi connectivity index (χ3v) is 5.12. The van der Waals surface area contributed by atoms with E-state index in [4.69, 9.17) is 9.47 Å². The van der Waals surface area contributed by atoms with Crippen molar-refractivity contribution in [1.82, 2.24) is 0 Å². The molecule has 0 spiro atoms. The number of esters is 2. The molecule has 0 saturated heterocycles. The van der Waals surface area contributed by atoms with Crippen LogP contribution in [-0.2, 0) is 19.1 Å². The van der Waals surface area contributed by atoms with E-state index in [0.29, 0.717) is 22.7 Å². The minimum atomic E-state index is -0.585. The zero-order valence-electron chi connectivity index (χ0n) is 19.7. The average Bonchev–Trinajstić information content (AvgIpc) is 2.86. The zero-order chi connectivity index (χ0) is 24.5. The molecule has 0 radical (unpaired) electrons. The van der Waals surface area contributed by atoms with Gasteiger partial charge in [0.25, 0.3) is 0 Å².